The van der Waals surface area contributed by atoms with Crippen molar-refractivity contribution < 1.29 is 13.9 Å². The van der Waals surface area contributed by atoms with Crippen LogP contribution in [0.15, 0.2) is 34.6 Å². The number of allylic oxidation sites excluding steroid dienone is 4. The van der Waals surface area contributed by atoms with E-state index in [0.717, 1.165) is 6.42 Å². The van der Waals surface area contributed by atoms with Gasteiger partial charge in [0.2, 0.25) is 8.32 Å². The zero-order chi connectivity index (χ0) is 24.2. The molecule has 4 aliphatic rings. The summed E-state index contributed by atoms with van der Waals surface area (Å²) in [4.78, 5) is 0. The van der Waals surface area contributed by atoms with Crippen molar-refractivity contribution in [1.82, 2.24) is 0 Å². The fraction of sp³-hybridized carbons (Fsp3) is 0.793. The van der Waals surface area contributed by atoms with Gasteiger partial charge in [-0.3, -0.25) is 0 Å². The lowest BCUT2D eigenvalue weighted by molar-refractivity contribution is -0.255. The standard InChI is InChI=1S/C29H48O3Si/c1-10-33(11-2,12-3)32-26-18-22(20(4)5)29(9)16-15-28(8)14-13-25-21(23(28)17-24(26)29)19-30-27(6,7)31-25/h17-18,20,22,25H,10-16,19H2,1-9H3/t22-,25+,28+,29-/m1/s1. The van der Waals surface area contributed by atoms with Gasteiger partial charge < -0.3 is 13.9 Å². The zero-order valence-electron chi connectivity index (χ0n) is 22.8. The topological polar surface area (TPSA) is 27.7 Å². The highest BCUT2D eigenvalue weighted by atomic mass is 28.4. The predicted molar refractivity (Wildman–Crippen MR) is 139 cm³/mol. The third kappa shape index (κ3) is 4.23. The van der Waals surface area contributed by atoms with E-state index >= 15 is 0 Å². The van der Waals surface area contributed by atoms with Crippen LogP contribution in [0.4, 0.5) is 0 Å². The van der Waals surface area contributed by atoms with E-state index in [1.165, 1.54) is 59.9 Å². The van der Waals surface area contributed by atoms with Crippen LogP contribution in [0.2, 0.25) is 18.1 Å². The Bertz CT molecular complexity index is 854. The van der Waals surface area contributed by atoms with Gasteiger partial charge in [-0.05, 0) is 97.7 Å². The van der Waals surface area contributed by atoms with Gasteiger partial charge in [0.15, 0.2) is 5.79 Å². The van der Waals surface area contributed by atoms with Gasteiger partial charge in [-0.1, -0.05) is 54.5 Å². The van der Waals surface area contributed by atoms with Crippen molar-refractivity contribution in [2.24, 2.45) is 22.7 Å². The van der Waals surface area contributed by atoms with Crippen LogP contribution in [0, 0.1) is 22.7 Å². The molecular formula is C29H48O3Si. The average molecular weight is 473 g/mol. The molecule has 0 unspecified atom stereocenters. The normalized spacial score (nSPS) is 35.9. The summed E-state index contributed by atoms with van der Waals surface area (Å²) in [6.45, 7) is 21.6. The van der Waals surface area contributed by atoms with E-state index in [-0.39, 0.29) is 16.9 Å². The van der Waals surface area contributed by atoms with Crippen LogP contribution < -0.4 is 0 Å². The molecule has 4 rings (SSSR count). The minimum Gasteiger partial charge on any atom is -0.544 e. The second kappa shape index (κ2) is 8.67. The zero-order valence-corrected chi connectivity index (χ0v) is 23.8. The molecule has 1 heterocycles. The van der Waals surface area contributed by atoms with Crippen LogP contribution in [0.3, 0.4) is 0 Å². The molecule has 0 N–H and O–H groups in total. The number of fused-ring (bicyclic) bond motifs is 3. The molecule has 0 radical (unpaired) electrons. The molecule has 4 heteroatoms. The fourth-order valence-corrected chi connectivity index (χ4v) is 9.68. The number of hydrogen-bond acceptors (Lipinski definition) is 3. The maximum absolute atomic E-state index is 7.15. The van der Waals surface area contributed by atoms with Gasteiger partial charge in [-0.2, -0.15) is 0 Å². The Morgan fingerprint density at radius 1 is 1.03 bits per heavy atom. The molecule has 0 saturated carbocycles. The van der Waals surface area contributed by atoms with Crippen LogP contribution in [0.25, 0.3) is 0 Å². The Morgan fingerprint density at radius 3 is 2.30 bits per heavy atom. The highest BCUT2D eigenvalue weighted by Gasteiger charge is 2.52. The number of hydrogen-bond donors (Lipinski definition) is 0. The number of ether oxygens (including phenoxy) is 2. The second-order valence-electron chi connectivity index (χ2n) is 12.5. The molecule has 3 nitrogen and oxygen atoms in total. The highest BCUT2D eigenvalue weighted by molar-refractivity contribution is 6.73. The Hall–Kier alpha value is -0.843. The van der Waals surface area contributed by atoms with Crippen LogP contribution in [0.1, 0.15) is 88.0 Å². The lowest BCUT2D eigenvalue weighted by Gasteiger charge is -2.46. The lowest BCUT2D eigenvalue weighted by atomic mass is 9.65. The van der Waals surface area contributed by atoms with E-state index in [1.807, 2.05) is 13.8 Å². The van der Waals surface area contributed by atoms with E-state index in [4.69, 9.17) is 13.9 Å². The first-order chi connectivity index (χ1) is 15.4. The summed E-state index contributed by atoms with van der Waals surface area (Å²) in [6.07, 6.45) is 10.0. The van der Waals surface area contributed by atoms with Gasteiger partial charge in [-0.15, -0.1) is 0 Å². The van der Waals surface area contributed by atoms with Crippen LogP contribution >= 0.6 is 0 Å². The smallest absolute Gasteiger partial charge is 0.250 e. The molecule has 186 valence electrons. The molecule has 0 amide bonds. The van der Waals surface area contributed by atoms with E-state index in [9.17, 15) is 0 Å². The van der Waals surface area contributed by atoms with Crippen molar-refractivity contribution in [2.75, 3.05) is 6.61 Å². The van der Waals surface area contributed by atoms with Crippen molar-refractivity contribution in [1.29, 1.82) is 0 Å². The van der Waals surface area contributed by atoms with Gasteiger partial charge >= 0.3 is 0 Å². The molecule has 33 heavy (non-hydrogen) atoms. The maximum Gasteiger partial charge on any atom is 0.250 e. The first-order valence-corrected chi connectivity index (χ1v) is 16.1. The van der Waals surface area contributed by atoms with Crippen molar-refractivity contribution in [3.63, 3.8) is 0 Å². The molecule has 0 aromatic rings. The lowest BCUT2D eigenvalue weighted by Crippen LogP contribution is -2.45. The first-order valence-electron chi connectivity index (χ1n) is 13.6. The molecule has 0 aromatic carbocycles. The van der Waals surface area contributed by atoms with Crippen molar-refractivity contribution in [3.8, 4) is 0 Å². The van der Waals surface area contributed by atoms with Crippen LogP contribution in [-0.4, -0.2) is 26.8 Å². The second-order valence-corrected chi connectivity index (χ2v) is 17.1. The first kappa shape index (κ1) is 25.3. The maximum atomic E-state index is 7.15. The quantitative estimate of drug-likeness (QED) is 0.365. The molecule has 4 atom stereocenters. The third-order valence-electron chi connectivity index (χ3n) is 9.75. The third-order valence-corrected chi connectivity index (χ3v) is 14.3. The summed E-state index contributed by atoms with van der Waals surface area (Å²) in [5, 5.41) is 0. The Morgan fingerprint density at radius 2 is 1.70 bits per heavy atom. The molecule has 0 bridgehead atoms. The minimum atomic E-state index is -1.76. The van der Waals surface area contributed by atoms with Gasteiger partial charge in [-0.25, -0.2) is 0 Å². The Kier molecular flexibility index (Phi) is 6.64. The van der Waals surface area contributed by atoms with Crippen LogP contribution in [-0.2, 0) is 13.9 Å². The van der Waals surface area contributed by atoms with Crippen molar-refractivity contribution in [3.05, 3.63) is 34.6 Å². The highest BCUT2D eigenvalue weighted by Crippen LogP contribution is 2.60. The molecule has 1 fully saturated rings. The summed E-state index contributed by atoms with van der Waals surface area (Å²) in [5.41, 5.74) is 4.67. The van der Waals surface area contributed by atoms with Gasteiger partial charge in [0.05, 0.1) is 12.7 Å². The van der Waals surface area contributed by atoms with E-state index in [1.54, 1.807) is 0 Å². The Labute approximate surface area is 204 Å². The largest absolute Gasteiger partial charge is 0.544 e. The molecule has 0 aromatic heterocycles. The molecule has 3 aliphatic carbocycles. The fourth-order valence-electron chi connectivity index (χ4n) is 7.11. The van der Waals surface area contributed by atoms with Gasteiger partial charge in [0.1, 0.15) is 5.76 Å². The Balaban J connectivity index is 1.84. The van der Waals surface area contributed by atoms with E-state index in [2.05, 4.69) is 60.6 Å². The van der Waals surface area contributed by atoms with Crippen molar-refractivity contribution >= 4 is 8.32 Å². The summed E-state index contributed by atoms with van der Waals surface area (Å²) in [5.74, 6) is 1.85. The van der Waals surface area contributed by atoms with Crippen LogP contribution in [0.5, 0.6) is 0 Å². The SMILES string of the molecule is CC[Si](CC)(CC)OC1=C[C@H](C(C)C)[C@@]2(C)CC[C@]3(C)CC[C@@H]4OC(C)(C)OCC4=C3C=C12. The van der Waals surface area contributed by atoms with Gasteiger partial charge in [0, 0.05) is 5.41 Å². The summed E-state index contributed by atoms with van der Waals surface area (Å²) in [7, 11) is -1.76. The van der Waals surface area contributed by atoms with E-state index in [0.29, 0.717) is 18.4 Å². The molecule has 0 spiro atoms. The monoisotopic (exact) mass is 472 g/mol. The number of rotatable bonds is 6. The summed E-state index contributed by atoms with van der Waals surface area (Å²) in [6, 6.07) is 3.54. The molecular weight excluding hydrogens is 424 g/mol. The van der Waals surface area contributed by atoms with E-state index < -0.39 is 14.1 Å². The minimum absolute atomic E-state index is 0.137. The average Bonchev–Trinajstić information content (AvgIpc) is 2.97. The van der Waals surface area contributed by atoms with Gasteiger partial charge in [0.25, 0.3) is 0 Å². The summed E-state index contributed by atoms with van der Waals surface area (Å²) < 4.78 is 19.7. The molecule has 1 saturated heterocycles. The van der Waals surface area contributed by atoms with Crippen molar-refractivity contribution in [2.45, 2.75) is 118 Å². The summed E-state index contributed by atoms with van der Waals surface area (Å²) >= 11 is 0. The predicted octanol–water partition coefficient (Wildman–Crippen LogP) is 8.15. The molecule has 1 aliphatic heterocycles.